The van der Waals surface area contributed by atoms with Gasteiger partial charge >= 0.3 is 11.9 Å². The summed E-state index contributed by atoms with van der Waals surface area (Å²) in [6.45, 7) is 12.0. The number of hydrogen-bond donors (Lipinski definition) is 0. The van der Waals surface area contributed by atoms with E-state index < -0.39 is 10.8 Å². The zero-order valence-corrected chi connectivity index (χ0v) is 25.0. The Kier molecular flexibility index (Phi) is 12.8. The Hall–Kier alpha value is -3.28. The van der Waals surface area contributed by atoms with Gasteiger partial charge < -0.3 is 9.47 Å². The molecule has 0 spiro atoms. The summed E-state index contributed by atoms with van der Waals surface area (Å²) < 4.78 is 11.0. The second-order valence-electron chi connectivity index (χ2n) is 12.2. The maximum Gasteiger partial charge on any atom is 0.309 e. The summed E-state index contributed by atoms with van der Waals surface area (Å²) in [5, 5.41) is 0. The van der Waals surface area contributed by atoms with Crippen molar-refractivity contribution in [2.75, 3.05) is 0 Å². The Bertz CT molecular complexity index is 1010. The fraction of sp³-hybridized carbons (Fsp3) is 0.529. The van der Waals surface area contributed by atoms with Crippen molar-refractivity contribution in [2.45, 2.75) is 93.3 Å². The Labute approximate surface area is 239 Å². The number of rotatable bonds is 17. The van der Waals surface area contributed by atoms with Crippen molar-refractivity contribution < 1.29 is 28.7 Å². The van der Waals surface area contributed by atoms with E-state index in [1.807, 2.05) is 102 Å². The average molecular weight is 551 g/mol. The van der Waals surface area contributed by atoms with Crippen molar-refractivity contribution in [3.05, 3.63) is 71.8 Å². The van der Waals surface area contributed by atoms with Crippen molar-refractivity contribution in [3.63, 3.8) is 0 Å². The molecule has 0 aliphatic heterocycles. The molecule has 2 rings (SSSR count). The molecule has 0 aliphatic carbocycles. The van der Waals surface area contributed by atoms with E-state index in [1.54, 1.807) is 0 Å². The lowest BCUT2D eigenvalue weighted by atomic mass is 9.75. The van der Waals surface area contributed by atoms with Crippen LogP contribution in [0.4, 0.5) is 0 Å². The Morgan fingerprint density at radius 1 is 0.575 bits per heavy atom. The first-order valence-corrected chi connectivity index (χ1v) is 14.3. The van der Waals surface area contributed by atoms with Gasteiger partial charge in [-0.25, -0.2) is 0 Å². The molecule has 0 saturated carbocycles. The molecule has 0 amide bonds. The number of carbonyl (C=O) groups excluding carboxylic acids is 4. The van der Waals surface area contributed by atoms with Crippen LogP contribution in [0.1, 0.15) is 91.2 Å². The number of benzene rings is 2. The summed E-state index contributed by atoms with van der Waals surface area (Å²) in [5.74, 6) is -1.26. The zero-order chi connectivity index (χ0) is 29.8. The SMILES string of the molecule is CC(C(=O)OCc1ccccc1)C(C)(C)CCC(=O)CCC(=O)CCC(C)(C)C(C)C(=O)OCc1ccccc1. The van der Waals surface area contributed by atoms with E-state index in [0.717, 1.165) is 11.1 Å². The number of hydrogen-bond acceptors (Lipinski definition) is 6. The van der Waals surface area contributed by atoms with Crippen LogP contribution in [0.3, 0.4) is 0 Å². The zero-order valence-electron chi connectivity index (χ0n) is 25.0. The predicted molar refractivity (Wildman–Crippen MR) is 156 cm³/mol. The second-order valence-corrected chi connectivity index (χ2v) is 12.2. The highest BCUT2D eigenvalue weighted by atomic mass is 16.5. The summed E-state index contributed by atoms with van der Waals surface area (Å²) in [4.78, 5) is 50.3. The highest BCUT2D eigenvalue weighted by Gasteiger charge is 2.34. The summed E-state index contributed by atoms with van der Waals surface area (Å²) in [7, 11) is 0. The fourth-order valence-corrected chi connectivity index (χ4v) is 4.23. The molecule has 40 heavy (non-hydrogen) atoms. The van der Waals surface area contributed by atoms with Crippen molar-refractivity contribution >= 4 is 23.5 Å². The van der Waals surface area contributed by atoms with Gasteiger partial charge in [-0.3, -0.25) is 19.2 Å². The number of ketones is 2. The largest absolute Gasteiger partial charge is 0.461 e. The highest BCUT2D eigenvalue weighted by molar-refractivity contribution is 5.86. The van der Waals surface area contributed by atoms with Crippen molar-refractivity contribution in [3.8, 4) is 0 Å². The molecule has 0 radical (unpaired) electrons. The minimum Gasteiger partial charge on any atom is -0.461 e. The van der Waals surface area contributed by atoms with Gasteiger partial charge in [-0.1, -0.05) is 102 Å². The van der Waals surface area contributed by atoms with Crippen LogP contribution in [0.5, 0.6) is 0 Å². The summed E-state index contributed by atoms with van der Waals surface area (Å²) >= 11 is 0. The van der Waals surface area contributed by atoms with Crippen LogP contribution >= 0.6 is 0 Å². The van der Waals surface area contributed by atoms with Gasteiger partial charge in [-0.05, 0) is 34.8 Å². The quantitative estimate of drug-likeness (QED) is 0.192. The molecule has 6 heteroatoms. The van der Waals surface area contributed by atoms with E-state index in [4.69, 9.17) is 9.47 Å². The number of esters is 2. The summed E-state index contributed by atoms with van der Waals surface area (Å²) in [6.07, 6.45) is 2.08. The third-order valence-electron chi connectivity index (χ3n) is 8.28. The van der Waals surface area contributed by atoms with Crippen LogP contribution in [0.2, 0.25) is 0 Å². The molecule has 0 aliphatic rings. The van der Waals surface area contributed by atoms with Crippen LogP contribution in [-0.2, 0) is 41.9 Å². The van der Waals surface area contributed by atoms with Crippen LogP contribution in [0, 0.1) is 22.7 Å². The first-order valence-electron chi connectivity index (χ1n) is 14.3. The van der Waals surface area contributed by atoms with E-state index in [9.17, 15) is 19.2 Å². The molecule has 2 unspecified atom stereocenters. The second kappa shape index (κ2) is 15.5. The molecular weight excluding hydrogens is 504 g/mol. The lowest BCUT2D eigenvalue weighted by Gasteiger charge is -2.30. The monoisotopic (exact) mass is 550 g/mol. The maximum atomic E-state index is 12.6. The van der Waals surface area contributed by atoms with Crippen molar-refractivity contribution in [1.29, 1.82) is 0 Å². The Morgan fingerprint density at radius 2 is 0.900 bits per heavy atom. The average Bonchev–Trinajstić information content (AvgIpc) is 2.95. The minimum absolute atomic E-state index is 0.0170. The van der Waals surface area contributed by atoms with E-state index in [-0.39, 0.29) is 61.4 Å². The van der Waals surface area contributed by atoms with Gasteiger partial charge in [0, 0.05) is 25.7 Å². The predicted octanol–water partition coefficient (Wildman–Crippen LogP) is 7.28. The van der Waals surface area contributed by atoms with Gasteiger partial charge in [0.25, 0.3) is 0 Å². The van der Waals surface area contributed by atoms with Gasteiger partial charge in [-0.15, -0.1) is 0 Å². The summed E-state index contributed by atoms with van der Waals surface area (Å²) in [5.41, 5.74) is 1.04. The van der Waals surface area contributed by atoms with E-state index >= 15 is 0 Å². The van der Waals surface area contributed by atoms with Gasteiger partial charge in [0.1, 0.15) is 24.8 Å². The van der Waals surface area contributed by atoms with Crippen molar-refractivity contribution in [2.24, 2.45) is 22.7 Å². The minimum atomic E-state index is -0.414. The molecule has 2 aromatic rings. The lowest BCUT2D eigenvalue weighted by molar-refractivity contribution is -0.154. The summed E-state index contributed by atoms with van der Waals surface area (Å²) in [6, 6.07) is 19.1. The molecule has 0 aromatic heterocycles. The molecule has 0 bridgehead atoms. The molecule has 0 N–H and O–H groups in total. The van der Waals surface area contributed by atoms with Crippen LogP contribution in [-0.4, -0.2) is 23.5 Å². The van der Waals surface area contributed by atoms with Gasteiger partial charge in [0.15, 0.2) is 0 Å². The van der Waals surface area contributed by atoms with E-state index in [2.05, 4.69) is 0 Å². The standard InChI is InChI=1S/C34H46O6/c1-25(31(37)39-23-27-13-9-7-10-14-27)33(3,4)21-19-29(35)17-18-30(36)20-22-34(5,6)26(2)32(38)40-24-28-15-11-8-12-16-28/h7-16,25-26H,17-24H2,1-6H3. The molecular formula is C34H46O6. The smallest absolute Gasteiger partial charge is 0.309 e. The van der Waals surface area contributed by atoms with Crippen LogP contribution in [0.15, 0.2) is 60.7 Å². The fourth-order valence-electron chi connectivity index (χ4n) is 4.23. The third kappa shape index (κ3) is 11.1. The number of ether oxygens (including phenoxy) is 2. The van der Waals surface area contributed by atoms with Crippen molar-refractivity contribution in [1.82, 2.24) is 0 Å². The maximum absolute atomic E-state index is 12.6. The molecule has 0 saturated heterocycles. The molecule has 0 heterocycles. The third-order valence-corrected chi connectivity index (χ3v) is 8.28. The topological polar surface area (TPSA) is 86.7 Å². The molecule has 6 nitrogen and oxygen atoms in total. The molecule has 2 atom stereocenters. The molecule has 2 aromatic carbocycles. The van der Waals surface area contributed by atoms with Crippen LogP contribution < -0.4 is 0 Å². The van der Waals surface area contributed by atoms with E-state index in [0.29, 0.717) is 25.7 Å². The number of carbonyl (C=O) groups is 4. The first kappa shape index (κ1) is 32.9. The van der Waals surface area contributed by atoms with Gasteiger partial charge in [0.2, 0.25) is 0 Å². The van der Waals surface area contributed by atoms with Crippen LogP contribution in [0.25, 0.3) is 0 Å². The Morgan fingerprint density at radius 3 is 1.23 bits per heavy atom. The first-order chi connectivity index (χ1) is 18.8. The number of Topliss-reactive ketones (excluding diaryl/α,β-unsaturated/α-hetero) is 2. The highest BCUT2D eigenvalue weighted by Crippen LogP contribution is 2.34. The van der Waals surface area contributed by atoms with Gasteiger partial charge in [-0.2, -0.15) is 0 Å². The lowest BCUT2D eigenvalue weighted by Crippen LogP contribution is -2.31. The molecule has 218 valence electrons. The van der Waals surface area contributed by atoms with Gasteiger partial charge in [0.05, 0.1) is 11.8 Å². The normalized spacial score (nSPS) is 13.2. The van der Waals surface area contributed by atoms with E-state index in [1.165, 1.54) is 0 Å². The Balaban J connectivity index is 1.69. The molecule has 0 fully saturated rings.